The summed E-state index contributed by atoms with van der Waals surface area (Å²) in [6.07, 6.45) is 0.567. The number of halogens is 3. The van der Waals surface area contributed by atoms with E-state index in [9.17, 15) is 23.7 Å². The number of aliphatic hydroxyl groups excluding tert-OH is 1. The van der Waals surface area contributed by atoms with Gasteiger partial charge in [-0.05, 0) is 25.9 Å². The highest BCUT2D eigenvalue weighted by Crippen LogP contribution is 2.27. The summed E-state index contributed by atoms with van der Waals surface area (Å²) >= 11 is 6.28. The second-order valence-corrected chi connectivity index (χ2v) is 7.19. The third kappa shape index (κ3) is 4.05. The van der Waals surface area contributed by atoms with Crippen LogP contribution in [0.15, 0.2) is 29.2 Å². The van der Waals surface area contributed by atoms with Crippen molar-refractivity contribution in [2.75, 3.05) is 24.5 Å². The van der Waals surface area contributed by atoms with Gasteiger partial charge in [0.05, 0.1) is 29.7 Å². The third-order valence-corrected chi connectivity index (χ3v) is 5.19. The number of anilines is 1. The van der Waals surface area contributed by atoms with E-state index in [0.717, 1.165) is 16.8 Å². The van der Waals surface area contributed by atoms with Gasteiger partial charge in [-0.15, -0.1) is 0 Å². The van der Waals surface area contributed by atoms with Crippen LogP contribution in [0.2, 0.25) is 11.8 Å². The van der Waals surface area contributed by atoms with Crippen LogP contribution >= 0.6 is 11.6 Å². The average Bonchev–Trinajstić information content (AvgIpc) is 2.62. The summed E-state index contributed by atoms with van der Waals surface area (Å²) in [4.78, 5) is 16.2. The number of piperazine rings is 1. The SMILES string of the molecule is CB(O)N1CCN(c2cnn(-c3cc(F)cc(F)c3)c(=O)c2Cl)C(C(C)O)C1. The molecule has 7 nitrogen and oxygen atoms in total. The van der Waals surface area contributed by atoms with Gasteiger partial charge in [0, 0.05) is 25.7 Å². The molecule has 0 bridgehead atoms. The molecule has 3 rings (SSSR count). The normalized spacial score (nSPS) is 19.0. The molecule has 11 heteroatoms. The van der Waals surface area contributed by atoms with E-state index >= 15 is 0 Å². The highest BCUT2D eigenvalue weighted by Gasteiger charge is 2.34. The number of hydrogen-bond donors (Lipinski definition) is 2. The van der Waals surface area contributed by atoms with E-state index in [1.165, 1.54) is 6.20 Å². The second kappa shape index (κ2) is 8.16. The summed E-state index contributed by atoms with van der Waals surface area (Å²) in [5.74, 6) is -1.68. The molecule has 2 N–H and O–H groups in total. The van der Waals surface area contributed by atoms with E-state index in [4.69, 9.17) is 11.6 Å². The first kappa shape index (κ1) is 20.7. The van der Waals surface area contributed by atoms with Gasteiger partial charge in [0.15, 0.2) is 0 Å². The van der Waals surface area contributed by atoms with Crippen LogP contribution in [-0.4, -0.2) is 63.6 Å². The molecule has 0 saturated carbocycles. The zero-order chi connectivity index (χ0) is 20.6. The predicted octanol–water partition coefficient (Wildman–Crippen LogP) is 1.15. The molecule has 2 atom stereocenters. The maximum atomic E-state index is 13.5. The molecular formula is C17H20BClF2N4O3. The van der Waals surface area contributed by atoms with Crippen molar-refractivity contribution in [1.82, 2.24) is 14.6 Å². The first-order chi connectivity index (χ1) is 13.2. The van der Waals surface area contributed by atoms with E-state index in [1.807, 2.05) is 0 Å². The second-order valence-electron chi connectivity index (χ2n) is 6.82. The summed E-state index contributed by atoms with van der Waals surface area (Å²) in [7, 11) is -0.673. The molecule has 1 aliphatic heterocycles. The number of nitrogens with zero attached hydrogens (tertiary/aromatic N) is 4. The Balaban J connectivity index is 1.99. The minimum absolute atomic E-state index is 0.0815. The molecule has 2 unspecified atom stereocenters. The molecule has 0 spiro atoms. The maximum Gasteiger partial charge on any atom is 0.376 e. The Labute approximate surface area is 165 Å². The number of hydrogen-bond acceptors (Lipinski definition) is 6. The van der Waals surface area contributed by atoms with Gasteiger partial charge in [0.1, 0.15) is 16.7 Å². The van der Waals surface area contributed by atoms with Crippen molar-refractivity contribution in [1.29, 1.82) is 0 Å². The van der Waals surface area contributed by atoms with Gasteiger partial charge in [-0.3, -0.25) is 4.79 Å². The summed E-state index contributed by atoms with van der Waals surface area (Å²) in [6.45, 7) is 4.52. The van der Waals surface area contributed by atoms with Gasteiger partial charge in [0.25, 0.3) is 5.56 Å². The molecule has 28 heavy (non-hydrogen) atoms. The van der Waals surface area contributed by atoms with Gasteiger partial charge in [-0.2, -0.15) is 9.78 Å². The number of aliphatic hydroxyl groups is 1. The molecule has 150 valence electrons. The molecule has 1 aromatic heterocycles. The van der Waals surface area contributed by atoms with E-state index in [1.54, 1.807) is 23.5 Å². The molecule has 1 fully saturated rings. The lowest BCUT2D eigenvalue weighted by molar-refractivity contribution is 0.130. The van der Waals surface area contributed by atoms with Gasteiger partial charge in [-0.1, -0.05) is 11.6 Å². The van der Waals surface area contributed by atoms with Crippen molar-refractivity contribution in [2.45, 2.75) is 25.9 Å². The smallest absolute Gasteiger partial charge is 0.376 e. The molecule has 0 amide bonds. The molecule has 1 aliphatic rings. The Kier molecular flexibility index (Phi) is 6.04. The third-order valence-electron chi connectivity index (χ3n) is 4.84. The average molecular weight is 413 g/mol. The van der Waals surface area contributed by atoms with Crippen molar-refractivity contribution in [2.24, 2.45) is 0 Å². The summed E-state index contributed by atoms with van der Waals surface area (Å²) in [5.41, 5.74) is -0.496. The van der Waals surface area contributed by atoms with E-state index < -0.39 is 36.4 Å². The van der Waals surface area contributed by atoms with E-state index in [2.05, 4.69) is 5.10 Å². The molecule has 1 aromatic carbocycles. The van der Waals surface area contributed by atoms with Crippen LogP contribution in [0.25, 0.3) is 5.69 Å². The predicted molar refractivity (Wildman–Crippen MR) is 103 cm³/mol. The molecule has 2 aromatic rings. The van der Waals surface area contributed by atoms with Gasteiger partial charge in [-0.25, -0.2) is 8.78 Å². The lowest BCUT2D eigenvalue weighted by Gasteiger charge is -2.44. The zero-order valence-electron chi connectivity index (χ0n) is 15.4. The van der Waals surface area contributed by atoms with Crippen molar-refractivity contribution in [3.63, 3.8) is 0 Å². The Morgan fingerprint density at radius 2 is 1.93 bits per heavy atom. The Morgan fingerprint density at radius 3 is 2.50 bits per heavy atom. The number of aromatic nitrogens is 2. The maximum absolute atomic E-state index is 13.5. The zero-order valence-corrected chi connectivity index (χ0v) is 16.1. The first-order valence-electron chi connectivity index (χ1n) is 8.80. The number of rotatable bonds is 4. The van der Waals surface area contributed by atoms with Gasteiger partial charge >= 0.3 is 7.05 Å². The monoisotopic (exact) mass is 412 g/mol. The van der Waals surface area contributed by atoms with Gasteiger partial charge in [0.2, 0.25) is 0 Å². The van der Waals surface area contributed by atoms with Crippen LogP contribution in [0.1, 0.15) is 6.92 Å². The fourth-order valence-electron chi connectivity index (χ4n) is 3.35. The Bertz CT molecular complexity index is 908. The number of benzene rings is 1. The molecular weight excluding hydrogens is 392 g/mol. The van der Waals surface area contributed by atoms with Crippen LogP contribution < -0.4 is 10.5 Å². The minimum Gasteiger partial charge on any atom is -0.437 e. The van der Waals surface area contributed by atoms with Crippen LogP contribution in [0.3, 0.4) is 0 Å². The van der Waals surface area contributed by atoms with Crippen LogP contribution in [-0.2, 0) is 0 Å². The van der Waals surface area contributed by atoms with Crippen molar-refractivity contribution in [3.05, 3.63) is 51.4 Å². The summed E-state index contributed by atoms with van der Waals surface area (Å²) in [6, 6.07) is 2.23. The lowest BCUT2D eigenvalue weighted by atomic mass is 9.83. The summed E-state index contributed by atoms with van der Waals surface area (Å²) in [5, 5.41) is 23.8. The Morgan fingerprint density at radius 1 is 1.29 bits per heavy atom. The highest BCUT2D eigenvalue weighted by molar-refractivity contribution is 6.45. The molecule has 0 radical (unpaired) electrons. The lowest BCUT2D eigenvalue weighted by Crippen LogP contribution is -2.60. The Hall–Kier alpha value is -2.01. The fraction of sp³-hybridized carbons (Fsp3) is 0.412. The largest absolute Gasteiger partial charge is 0.437 e. The van der Waals surface area contributed by atoms with Crippen molar-refractivity contribution in [3.8, 4) is 5.69 Å². The summed E-state index contributed by atoms with van der Waals surface area (Å²) < 4.78 is 27.8. The van der Waals surface area contributed by atoms with E-state index in [-0.39, 0.29) is 10.7 Å². The molecule has 2 heterocycles. The first-order valence-corrected chi connectivity index (χ1v) is 9.18. The fourth-order valence-corrected chi connectivity index (χ4v) is 3.59. The molecule has 0 aliphatic carbocycles. The van der Waals surface area contributed by atoms with Gasteiger partial charge < -0.3 is 19.8 Å². The van der Waals surface area contributed by atoms with Crippen LogP contribution in [0, 0.1) is 11.6 Å². The topological polar surface area (TPSA) is 81.8 Å². The standard InChI is InChI=1S/C17H20BClF2N4O3/c1-10(26)15-9-23(18(2)28)3-4-24(15)14-8-22-25(17(27)16(14)19)13-6-11(20)5-12(21)7-13/h5-8,10,15,26,28H,3-4,9H2,1-2H3. The quantitative estimate of drug-likeness (QED) is 0.733. The van der Waals surface area contributed by atoms with Crippen LogP contribution in [0.5, 0.6) is 0 Å². The van der Waals surface area contributed by atoms with Crippen molar-refractivity contribution < 1.29 is 18.9 Å². The molecule has 1 saturated heterocycles. The minimum atomic E-state index is -0.840. The van der Waals surface area contributed by atoms with Crippen molar-refractivity contribution >= 4 is 24.3 Å². The highest BCUT2D eigenvalue weighted by atomic mass is 35.5. The van der Waals surface area contributed by atoms with Crippen LogP contribution in [0.4, 0.5) is 14.5 Å². The van der Waals surface area contributed by atoms with E-state index in [0.29, 0.717) is 31.4 Å².